The second-order valence-electron chi connectivity index (χ2n) is 7.39. The van der Waals surface area contributed by atoms with Gasteiger partial charge in [-0.3, -0.25) is 19.1 Å². The predicted octanol–water partition coefficient (Wildman–Crippen LogP) is 1.34. The number of H-pyrrole nitrogens is 1. The average Bonchev–Trinajstić information content (AvgIpc) is 2.80. The number of hydrogen-bond acceptors (Lipinski definition) is 7. The highest BCUT2D eigenvalue weighted by atomic mass is 16.5. The molecule has 3 aromatic rings. The molecule has 2 aromatic carbocycles. The minimum absolute atomic E-state index is 0.118. The quantitative estimate of drug-likeness (QED) is 0.461. The van der Waals surface area contributed by atoms with Crippen LogP contribution in [0.4, 0.5) is 17.2 Å². The van der Waals surface area contributed by atoms with Crippen molar-refractivity contribution in [3.8, 4) is 0 Å². The van der Waals surface area contributed by atoms with E-state index in [4.69, 9.17) is 10.5 Å². The lowest BCUT2D eigenvalue weighted by molar-refractivity contribution is -0.116. The number of methoxy groups -OCH3 is 1. The van der Waals surface area contributed by atoms with Gasteiger partial charge in [0.15, 0.2) is 5.69 Å². The van der Waals surface area contributed by atoms with Crippen molar-refractivity contribution in [2.24, 2.45) is 0 Å². The molecular weight excluding hydrogens is 426 g/mol. The topological polar surface area (TPSA) is 140 Å². The van der Waals surface area contributed by atoms with E-state index in [1.54, 1.807) is 18.2 Å². The van der Waals surface area contributed by atoms with Gasteiger partial charge >= 0.3 is 11.7 Å². The number of hydrogen-bond donors (Lipinski definition) is 3. The van der Waals surface area contributed by atoms with Crippen LogP contribution in [0.25, 0.3) is 0 Å². The number of carbonyl (C=O) groups excluding carboxylic acids is 2. The Balaban J connectivity index is 1.83. The maximum Gasteiger partial charge on any atom is 0.337 e. The molecule has 172 valence electrons. The Morgan fingerprint density at radius 2 is 1.85 bits per heavy atom. The number of anilines is 3. The van der Waals surface area contributed by atoms with Crippen LogP contribution in [0.5, 0.6) is 0 Å². The van der Waals surface area contributed by atoms with Crippen LogP contribution in [0.1, 0.15) is 21.5 Å². The Morgan fingerprint density at radius 3 is 2.52 bits per heavy atom. The second-order valence-corrected chi connectivity index (χ2v) is 7.39. The van der Waals surface area contributed by atoms with E-state index in [1.165, 1.54) is 18.7 Å². The van der Waals surface area contributed by atoms with Gasteiger partial charge in [0.25, 0.3) is 5.56 Å². The van der Waals surface area contributed by atoms with Gasteiger partial charge in [0, 0.05) is 12.7 Å². The first-order chi connectivity index (χ1) is 15.7. The van der Waals surface area contributed by atoms with E-state index in [0.717, 1.165) is 16.0 Å². The van der Waals surface area contributed by atoms with Crippen molar-refractivity contribution in [1.29, 1.82) is 0 Å². The Morgan fingerprint density at radius 1 is 1.15 bits per heavy atom. The molecule has 1 heterocycles. The Labute approximate surface area is 189 Å². The fourth-order valence-corrected chi connectivity index (χ4v) is 3.30. The highest BCUT2D eigenvalue weighted by Gasteiger charge is 2.21. The maximum atomic E-state index is 12.8. The van der Waals surface area contributed by atoms with E-state index < -0.39 is 23.1 Å². The SMILES string of the molecule is COC(=O)c1ccc(C)c(NCC(=O)N(C)c2c(N)n(Cc3ccccc3)c(=O)[nH]c2=O)c1. The minimum atomic E-state index is -0.762. The molecule has 0 saturated heterocycles. The molecule has 1 amide bonds. The van der Waals surface area contributed by atoms with Crippen LogP contribution in [0.2, 0.25) is 0 Å². The summed E-state index contributed by atoms with van der Waals surface area (Å²) in [5, 5.41) is 2.97. The number of esters is 1. The number of nitrogens with one attached hydrogen (secondary N) is 2. The van der Waals surface area contributed by atoms with E-state index >= 15 is 0 Å². The average molecular weight is 451 g/mol. The first kappa shape index (κ1) is 23.3. The second kappa shape index (κ2) is 9.86. The van der Waals surface area contributed by atoms with Crippen molar-refractivity contribution in [1.82, 2.24) is 9.55 Å². The molecule has 10 heteroatoms. The van der Waals surface area contributed by atoms with Crippen molar-refractivity contribution in [2.75, 3.05) is 36.7 Å². The molecule has 0 fully saturated rings. The predicted molar refractivity (Wildman–Crippen MR) is 126 cm³/mol. The molecule has 0 bridgehead atoms. The molecule has 0 aliphatic heterocycles. The Hall–Kier alpha value is -4.34. The molecule has 0 aliphatic carbocycles. The highest BCUT2D eigenvalue weighted by Crippen LogP contribution is 2.19. The summed E-state index contributed by atoms with van der Waals surface area (Å²) in [4.78, 5) is 52.7. The smallest absolute Gasteiger partial charge is 0.337 e. The van der Waals surface area contributed by atoms with Gasteiger partial charge in [-0.05, 0) is 30.2 Å². The number of benzene rings is 2. The number of aromatic nitrogens is 2. The van der Waals surface area contributed by atoms with Crippen LogP contribution in [0.3, 0.4) is 0 Å². The third-order valence-corrected chi connectivity index (χ3v) is 5.20. The number of likely N-dealkylation sites (N-methyl/N-ethyl adjacent to an activating group) is 1. The van der Waals surface area contributed by atoms with Crippen molar-refractivity contribution in [2.45, 2.75) is 13.5 Å². The molecule has 1 aromatic heterocycles. The third-order valence-electron chi connectivity index (χ3n) is 5.20. The van der Waals surface area contributed by atoms with Gasteiger partial charge in [0.2, 0.25) is 5.91 Å². The summed E-state index contributed by atoms with van der Waals surface area (Å²) < 4.78 is 5.92. The lowest BCUT2D eigenvalue weighted by atomic mass is 10.1. The molecule has 33 heavy (non-hydrogen) atoms. The normalized spacial score (nSPS) is 10.5. The summed E-state index contributed by atoms with van der Waals surface area (Å²) >= 11 is 0. The standard InChI is InChI=1S/C23H25N5O5/c1-14-9-10-16(22(31)33-3)11-17(14)25-12-18(29)27(2)19-20(24)28(23(32)26-21(19)30)13-15-7-5-4-6-8-15/h4-11,25H,12-13,24H2,1-3H3,(H,26,30,32). The summed E-state index contributed by atoms with van der Waals surface area (Å²) in [6.45, 7) is 1.77. The number of aromatic amines is 1. The van der Waals surface area contributed by atoms with E-state index in [0.29, 0.717) is 11.3 Å². The fraction of sp³-hybridized carbons (Fsp3) is 0.217. The van der Waals surface area contributed by atoms with Gasteiger partial charge in [-0.25, -0.2) is 9.59 Å². The minimum Gasteiger partial charge on any atom is -0.465 e. The van der Waals surface area contributed by atoms with Gasteiger partial charge in [-0.1, -0.05) is 36.4 Å². The first-order valence-electron chi connectivity index (χ1n) is 10.1. The molecule has 0 aliphatic rings. The molecule has 3 rings (SSSR count). The molecular formula is C23H25N5O5. The summed E-state index contributed by atoms with van der Waals surface area (Å²) in [6.07, 6.45) is 0. The Kier molecular flexibility index (Phi) is 6.97. The Bertz CT molecular complexity index is 1300. The lowest BCUT2D eigenvalue weighted by Gasteiger charge is -2.21. The van der Waals surface area contributed by atoms with E-state index in [1.807, 2.05) is 37.3 Å². The van der Waals surface area contributed by atoms with Gasteiger partial charge in [-0.2, -0.15) is 0 Å². The zero-order valence-electron chi connectivity index (χ0n) is 18.5. The molecule has 4 N–H and O–H groups in total. The largest absolute Gasteiger partial charge is 0.465 e. The molecule has 10 nitrogen and oxygen atoms in total. The van der Waals surface area contributed by atoms with Crippen molar-refractivity contribution >= 4 is 29.1 Å². The van der Waals surface area contributed by atoms with E-state index in [2.05, 4.69) is 10.3 Å². The summed E-state index contributed by atoms with van der Waals surface area (Å²) in [5.74, 6) is -1.09. The monoisotopic (exact) mass is 451 g/mol. The zero-order valence-corrected chi connectivity index (χ0v) is 18.5. The number of ether oxygens (including phenoxy) is 1. The van der Waals surface area contributed by atoms with E-state index in [9.17, 15) is 19.2 Å². The van der Waals surface area contributed by atoms with Gasteiger partial charge in [-0.15, -0.1) is 0 Å². The molecule has 0 saturated carbocycles. The third kappa shape index (κ3) is 5.12. The maximum absolute atomic E-state index is 12.8. The number of nitrogens with zero attached hydrogens (tertiary/aromatic N) is 2. The number of aryl methyl sites for hydroxylation is 1. The number of nitrogen functional groups attached to an aromatic ring is 1. The summed E-state index contributed by atoms with van der Waals surface area (Å²) in [7, 11) is 2.69. The van der Waals surface area contributed by atoms with Crippen molar-refractivity contribution < 1.29 is 14.3 Å². The van der Waals surface area contributed by atoms with Crippen LogP contribution < -0.4 is 27.2 Å². The first-order valence-corrected chi connectivity index (χ1v) is 10.1. The van der Waals surface area contributed by atoms with E-state index in [-0.39, 0.29) is 24.6 Å². The number of carbonyl (C=O) groups is 2. The van der Waals surface area contributed by atoms with Crippen LogP contribution in [0.15, 0.2) is 58.1 Å². The van der Waals surface area contributed by atoms with Crippen molar-refractivity contribution in [3.63, 3.8) is 0 Å². The van der Waals surface area contributed by atoms with Gasteiger partial charge in [0.05, 0.1) is 25.8 Å². The van der Waals surface area contributed by atoms with Gasteiger partial charge in [0.1, 0.15) is 5.82 Å². The summed E-state index contributed by atoms with van der Waals surface area (Å²) in [5.41, 5.74) is 7.11. The van der Waals surface area contributed by atoms with Crippen molar-refractivity contribution in [3.05, 3.63) is 86.1 Å². The number of amides is 1. The summed E-state index contributed by atoms with van der Waals surface area (Å²) in [6, 6.07) is 14.1. The fourth-order valence-electron chi connectivity index (χ4n) is 3.30. The van der Waals surface area contributed by atoms with Crippen LogP contribution >= 0.6 is 0 Å². The molecule has 0 unspecified atom stereocenters. The molecule has 0 atom stereocenters. The molecule has 0 spiro atoms. The van der Waals surface area contributed by atoms with Crippen LogP contribution in [0, 0.1) is 6.92 Å². The highest BCUT2D eigenvalue weighted by molar-refractivity contribution is 5.98. The van der Waals surface area contributed by atoms with Crippen LogP contribution in [-0.2, 0) is 16.1 Å². The van der Waals surface area contributed by atoms with Crippen LogP contribution in [-0.4, -0.2) is 42.1 Å². The zero-order chi connectivity index (χ0) is 24.1. The number of nitrogens with two attached hydrogens (primary N) is 1. The lowest BCUT2D eigenvalue weighted by Crippen LogP contribution is -2.41. The molecule has 0 radical (unpaired) electrons. The number of rotatable bonds is 7. The van der Waals surface area contributed by atoms with Gasteiger partial charge < -0.3 is 20.7 Å².